The molecular formula is C17H27N3O2S. The van der Waals surface area contributed by atoms with Crippen molar-refractivity contribution < 1.29 is 9.53 Å². The third-order valence-electron chi connectivity index (χ3n) is 5.64. The fraction of sp³-hybridized carbons (Fsp3) is 0.765. The molecule has 1 aromatic heterocycles. The molecular weight excluding hydrogens is 310 g/mol. The molecule has 2 saturated carbocycles. The van der Waals surface area contributed by atoms with Crippen LogP contribution < -0.4 is 4.90 Å². The lowest BCUT2D eigenvalue weighted by atomic mass is 9.60. The van der Waals surface area contributed by atoms with Crippen molar-refractivity contribution in [1.82, 2.24) is 9.88 Å². The van der Waals surface area contributed by atoms with Gasteiger partial charge in [-0.2, -0.15) is 0 Å². The van der Waals surface area contributed by atoms with Crippen molar-refractivity contribution >= 4 is 22.4 Å². The van der Waals surface area contributed by atoms with Crippen molar-refractivity contribution in [3.05, 3.63) is 11.6 Å². The quantitative estimate of drug-likeness (QED) is 0.801. The van der Waals surface area contributed by atoms with E-state index in [1.165, 1.54) is 37.0 Å². The van der Waals surface area contributed by atoms with Gasteiger partial charge in [-0.3, -0.25) is 14.6 Å². The lowest BCUT2D eigenvalue weighted by molar-refractivity contribution is -0.162. The second-order valence-corrected chi connectivity index (χ2v) is 7.69. The van der Waals surface area contributed by atoms with E-state index in [4.69, 9.17) is 4.74 Å². The first kappa shape index (κ1) is 16.9. The number of carbonyl (C=O) groups is 1. The number of ether oxygens (including phenoxy) is 1. The Hall–Kier alpha value is -0.980. The van der Waals surface area contributed by atoms with E-state index in [1.54, 1.807) is 11.1 Å². The summed E-state index contributed by atoms with van der Waals surface area (Å²) in [6.07, 6.45) is 8.24. The van der Waals surface area contributed by atoms with Gasteiger partial charge in [0.05, 0.1) is 12.6 Å². The van der Waals surface area contributed by atoms with Crippen molar-refractivity contribution in [2.45, 2.75) is 51.2 Å². The van der Waals surface area contributed by atoms with Gasteiger partial charge >= 0.3 is 0 Å². The zero-order valence-corrected chi connectivity index (χ0v) is 15.1. The van der Waals surface area contributed by atoms with Crippen LogP contribution in [0.3, 0.4) is 0 Å². The molecule has 23 heavy (non-hydrogen) atoms. The topological polar surface area (TPSA) is 45.7 Å². The first-order valence-electron chi connectivity index (χ1n) is 8.56. The third-order valence-corrected chi connectivity index (χ3v) is 6.49. The van der Waals surface area contributed by atoms with E-state index in [0.717, 1.165) is 18.2 Å². The van der Waals surface area contributed by atoms with Gasteiger partial charge in [0.25, 0.3) is 0 Å². The molecule has 1 amide bonds. The highest BCUT2D eigenvalue weighted by molar-refractivity contribution is 7.13. The van der Waals surface area contributed by atoms with Crippen molar-refractivity contribution in [3.63, 3.8) is 0 Å². The van der Waals surface area contributed by atoms with E-state index in [0.29, 0.717) is 18.7 Å². The molecule has 0 N–H and O–H groups in total. The minimum atomic E-state index is 0.107. The minimum Gasteiger partial charge on any atom is -0.378 e. The monoisotopic (exact) mass is 337 g/mol. The van der Waals surface area contributed by atoms with E-state index in [1.807, 2.05) is 12.4 Å². The largest absolute Gasteiger partial charge is 0.378 e. The fourth-order valence-electron chi connectivity index (χ4n) is 4.39. The summed E-state index contributed by atoms with van der Waals surface area (Å²) >= 11 is 1.50. The standard InChI is InChI=1S/C17H27N3O2S/c1-4-22-14-11-13(17(14)7-5-6-8-17)19(2)12-15(21)20(3)16-18-9-10-23-16/h9-10,13-14H,4-8,11-12H2,1-3H3/t13-,14+/m1/s1. The van der Waals surface area contributed by atoms with Gasteiger partial charge in [-0.25, -0.2) is 4.98 Å². The lowest BCUT2D eigenvalue weighted by Gasteiger charge is -2.57. The Morgan fingerprint density at radius 1 is 1.43 bits per heavy atom. The molecule has 128 valence electrons. The van der Waals surface area contributed by atoms with Crippen LogP contribution in [0.4, 0.5) is 5.13 Å². The molecule has 0 unspecified atom stereocenters. The van der Waals surface area contributed by atoms with Crippen molar-refractivity contribution in [2.75, 3.05) is 32.1 Å². The van der Waals surface area contributed by atoms with E-state index in [2.05, 4.69) is 23.9 Å². The molecule has 1 heterocycles. The molecule has 0 aromatic carbocycles. The predicted octanol–water partition coefficient (Wildman–Crippen LogP) is 2.78. The number of aromatic nitrogens is 1. The Bertz CT molecular complexity index is 528. The summed E-state index contributed by atoms with van der Waals surface area (Å²) in [6, 6.07) is 0.468. The van der Waals surface area contributed by atoms with Crippen LogP contribution in [0.15, 0.2) is 11.6 Å². The number of thiazole rings is 1. The highest BCUT2D eigenvalue weighted by atomic mass is 32.1. The molecule has 0 aliphatic heterocycles. The van der Waals surface area contributed by atoms with Crippen LogP contribution in [0, 0.1) is 5.41 Å². The van der Waals surface area contributed by atoms with E-state index in [-0.39, 0.29) is 11.3 Å². The Morgan fingerprint density at radius 2 is 2.17 bits per heavy atom. The maximum Gasteiger partial charge on any atom is 0.242 e. The van der Waals surface area contributed by atoms with Crippen LogP contribution in [0.25, 0.3) is 0 Å². The van der Waals surface area contributed by atoms with Gasteiger partial charge in [0.15, 0.2) is 5.13 Å². The highest BCUT2D eigenvalue weighted by Gasteiger charge is 2.58. The molecule has 3 rings (SSSR count). The molecule has 2 fully saturated rings. The van der Waals surface area contributed by atoms with Crippen LogP contribution in [0.2, 0.25) is 0 Å². The van der Waals surface area contributed by atoms with Crippen molar-refractivity contribution in [2.24, 2.45) is 5.41 Å². The van der Waals surface area contributed by atoms with Crippen LogP contribution in [0.1, 0.15) is 39.0 Å². The lowest BCUT2D eigenvalue weighted by Crippen LogP contribution is -2.63. The van der Waals surface area contributed by atoms with Crippen LogP contribution in [0.5, 0.6) is 0 Å². The number of carbonyl (C=O) groups excluding carboxylic acids is 1. The van der Waals surface area contributed by atoms with Crippen LogP contribution >= 0.6 is 11.3 Å². The zero-order valence-electron chi connectivity index (χ0n) is 14.3. The van der Waals surface area contributed by atoms with Gasteiger partial charge in [0.2, 0.25) is 5.91 Å². The van der Waals surface area contributed by atoms with E-state index >= 15 is 0 Å². The van der Waals surface area contributed by atoms with E-state index < -0.39 is 0 Å². The number of nitrogens with zero attached hydrogens (tertiary/aromatic N) is 3. The van der Waals surface area contributed by atoms with Crippen LogP contribution in [-0.4, -0.2) is 55.2 Å². The molecule has 0 saturated heterocycles. The summed E-state index contributed by atoms with van der Waals surface area (Å²) in [6.45, 7) is 3.31. The SMILES string of the molecule is CCO[C@H]1C[C@@H](N(C)CC(=O)N(C)c2nccs2)C12CCCC2. The summed E-state index contributed by atoms with van der Waals surface area (Å²) in [5.74, 6) is 0.107. The smallest absolute Gasteiger partial charge is 0.242 e. The molecule has 0 bridgehead atoms. The summed E-state index contributed by atoms with van der Waals surface area (Å²) in [7, 11) is 3.89. The van der Waals surface area contributed by atoms with Crippen molar-refractivity contribution in [1.29, 1.82) is 0 Å². The molecule has 2 aliphatic carbocycles. The first-order chi connectivity index (χ1) is 11.1. The second-order valence-electron chi connectivity index (χ2n) is 6.82. The fourth-order valence-corrected chi connectivity index (χ4v) is 5.01. The maximum absolute atomic E-state index is 12.5. The third kappa shape index (κ3) is 3.04. The minimum absolute atomic E-state index is 0.107. The molecule has 2 atom stereocenters. The average molecular weight is 337 g/mol. The normalized spacial score (nSPS) is 25.7. The Morgan fingerprint density at radius 3 is 2.78 bits per heavy atom. The zero-order chi connectivity index (χ0) is 16.4. The van der Waals surface area contributed by atoms with Gasteiger partial charge < -0.3 is 4.74 Å². The van der Waals surface area contributed by atoms with Gasteiger partial charge in [-0.1, -0.05) is 12.8 Å². The molecule has 1 aromatic rings. The number of likely N-dealkylation sites (N-methyl/N-ethyl adjacent to an activating group) is 2. The Labute approximate surface area is 142 Å². The summed E-state index contributed by atoms with van der Waals surface area (Å²) in [5, 5.41) is 2.66. The van der Waals surface area contributed by atoms with E-state index in [9.17, 15) is 4.79 Å². The number of rotatable bonds is 6. The molecule has 0 radical (unpaired) electrons. The summed E-state index contributed by atoms with van der Waals surface area (Å²) in [5.41, 5.74) is 0.283. The summed E-state index contributed by atoms with van der Waals surface area (Å²) in [4.78, 5) is 20.7. The van der Waals surface area contributed by atoms with Crippen LogP contribution in [-0.2, 0) is 9.53 Å². The highest BCUT2D eigenvalue weighted by Crippen LogP contribution is 2.56. The summed E-state index contributed by atoms with van der Waals surface area (Å²) < 4.78 is 5.98. The number of anilines is 1. The second kappa shape index (κ2) is 6.87. The molecule has 5 nitrogen and oxygen atoms in total. The molecule has 6 heteroatoms. The van der Waals surface area contributed by atoms with Crippen molar-refractivity contribution in [3.8, 4) is 0 Å². The average Bonchev–Trinajstić information content (AvgIpc) is 3.22. The first-order valence-corrected chi connectivity index (χ1v) is 9.44. The van der Waals surface area contributed by atoms with Gasteiger partial charge in [-0.15, -0.1) is 11.3 Å². The Kier molecular flexibility index (Phi) is 5.04. The molecule has 1 spiro atoms. The van der Waals surface area contributed by atoms with Gasteiger partial charge in [0.1, 0.15) is 0 Å². The number of hydrogen-bond acceptors (Lipinski definition) is 5. The predicted molar refractivity (Wildman–Crippen MR) is 92.9 cm³/mol. The Balaban J connectivity index is 1.62. The number of hydrogen-bond donors (Lipinski definition) is 0. The van der Waals surface area contributed by atoms with Gasteiger partial charge in [0, 0.05) is 36.7 Å². The maximum atomic E-state index is 12.5. The van der Waals surface area contributed by atoms with Gasteiger partial charge in [-0.05, 0) is 33.2 Å². The molecule has 2 aliphatic rings. The number of amides is 1.